The van der Waals surface area contributed by atoms with Crippen LogP contribution in [0.2, 0.25) is 10.0 Å². The molecule has 0 amide bonds. The topological polar surface area (TPSA) is 26.3 Å². The number of carbonyl (C=O) groups excluding carboxylic acids is 1. The highest BCUT2D eigenvalue weighted by Crippen LogP contribution is 2.49. The van der Waals surface area contributed by atoms with Gasteiger partial charge >= 0.3 is 5.97 Å². The molecule has 0 aliphatic carbocycles. The van der Waals surface area contributed by atoms with Crippen molar-refractivity contribution < 1.29 is 13.9 Å². The van der Waals surface area contributed by atoms with Crippen LogP contribution in [-0.4, -0.2) is 5.97 Å². The van der Waals surface area contributed by atoms with Crippen LogP contribution in [0, 0.1) is 11.2 Å². The highest BCUT2D eigenvalue weighted by Gasteiger charge is 2.46. The van der Waals surface area contributed by atoms with E-state index in [9.17, 15) is 9.18 Å². The predicted octanol–water partition coefficient (Wildman–Crippen LogP) is 6.49. The fourth-order valence-corrected chi connectivity index (χ4v) is 3.84. The van der Waals surface area contributed by atoms with Crippen molar-refractivity contribution in [1.29, 1.82) is 0 Å². The molecule has 0 N–H and O–H groups in total. The van der Waals surface area contributed by atoms with E-state index in [4.69, 9.17) is 27.9 Å². The largest absolute Gasteiger partial charge is 0.456 e. The van der Waals surface area contributed by atoms with Crippen LogP contribution in [0.4, 0.5) is 4.39 Å². The monoisotopic (exact) mass is 392 g/mol. The van der Waals surface area contributed by atoms with E-state index in [-0.39, 0.29) is 16.9 Å². The fraction of sp³-hybridized carbons (Fsp3) is 0.286. The highest BCUT2D eigenvalue weighted by molar-refractivity contribution is 6.31. The Hall–Kier alpha value is -1.84. The molecular formula is C21H19Cl2FO2. The molecule has 1 fully saturated rings. The maximum absolute atomic E-state index is 14.0. The number of benzene rings is 2. The van der Waals surface area contributed by atoms with Gasteiger partial charge in [0.05, 0.1) is 10.4 Å². The number of carbonyl (C=O) groups is 1. The first-order valence-electron chi connectivity index (χ1n) is 8.36. The molecule has 5 heteroatoms. The van der Waals surface area contributed by atoms with Crippen LogP contribution < -0.4 is 0 Å². The molecule has 3 rings (SSSR count). The van der Waals surface area contributed by atoms with Gasteiger partial charge in [-0.15, -0.1) is 6.58 Å². The molecule has 26 heavy (non-hydrogen) atoms. The lowest BCUT2D eigenvalue weighted by atomic mass is 9.71. The summed E-state index contributed by atoms with van der Waals surface area (Å²) in [5, 5.41) is 0.637. The molecule has 0 spiro atoms. The Morgan fingerprint density at radius 3 is 2.69 bits per heavy atom. The number of allylic oxidation sites excluding steroid dienone is 1. The van der Waals surface area contributed by atoms with E-state index in [1.165, 1.54) is 12.1 Å². The first-order chi connectivity index (χ1) is 12.3. The SMILES string of the molecule is C=CCC1(C)C[C@H](c2cccc(Cl)c2)C(c2ccc(Cl)c(F)c2)OC1=O. The third-order valence-electron chi connectivity index (χ3n) is 4.91. The van der Waals surface area contributed by atoms with Gasteiger partial charge in [-0.1, -0.05) is 47.5 Å². The molecule has 0 aromatic heterocycles. The molecule has 1 aliphatic rings. The molecule has 3 atom stereocenters. The minimum Gasteiger partial charge on any atom is -0.456 e. The van der Waals surface area contributed by atoms with Crippen molar-refractivity contribution in [2.75, 3.05) is 0 Å². The molecule has 1 saturated heterocycles. The van der Waals surface area contributed by atoms with E-state index in [2.05, 4.69) is 6.58 Å². The van der Waals surface area contributed by atoms with Gasteiger partial charge in [0.2, 0.25) is 0 Å². The van der Waals surface area contributed by atoms with Gasteiger partial charge in [0.15, 0.2) is 0 Å². The number of esters is 1. The summed E-state index contributed by atoms with van der Waals surface area (Å²) in [4.78, 5) is 12.7. The molecule has 2 nitrogen and oxygen atoms in total. The third kappa shape index (κ3) is 3.65. The Labute approximate surface area is 162 Å². The van der Waals surface area contributed by atoms with Crippen molar-refractivity contribution in [3.63, 3.8) is 0 Å². The van der Waals surface area contributed by atoms with E-state index < -0.39 is 17.3 Å². The zero-order valence-electron chi connectivity index (χ0n) is 14.3. The van der Waals surface area contributed by atoms with Crippen LogP contribution in [0.3, 0.4) is 0 Å². The van der Waals surface area contributed by atoms with Crippen molar-refractivity contribution in [3.8, 4) is 0 Å². The second-order valence-corrected chi connectivity index (χ2v) is 7.76. The molecule has 1 heterocycles. The number of hydrogen-bond donors (Lipinski definition) is 0. The summed E-state index contributed by atoms with van der Waals surface area (Å²) < 4.78 is 19.8. The third-order valence-corrected chi connectivity index (χ3v) is 5.45. The molecule has 2 aromatic carbocycles. The minimum absolute atomic E-state index is 0.0340. The molecule has 0 radical (unpaired) electrons. The zero-order valence-corrected chi connectivity index (χ0v) is 15.9. The van der Waals surface area contributed by atoms with E-state index in [1.54, 1.807) is 18.2 Å². The number of cyclic esters (lactones) is 1. The fourth-order valence-electron chi connectivity index (χ4n) is 3.52. The quantitative estimate of drug-likeness (QED) is 0.439. The Kier molecular flexibility index (Phi) is 5.40. The summed E-state index contributed by atoms with van der Waals surface area (Å²) in [6.45, 7) is 5.62. The van der Waals surface area contributed by atoms with Gasteiger partial charge in [0.25, 0.3) is 0 Å². The van der Waals surface area contributed by atoms with Crippen molar-refractivity contribution in [2.45, 2.75) is 31.8 Å². The van der Waals surface area contributed by atoms with Crippen LogP contribution in [0.1, 0.15) is 42.9 Å². The molecule has 0 saturated carbocycles. The molecule has 2 aromatic rings. The Bertz CT molecular complexity index is 852. The summed E-state index contributed by atoms with van der Waals surface area (Å²) in [7, 11) is 0. The summed E-state index contributed by atoms with van der Waals surface area (Å²) in [6, 6.07) is 12.0. The number of hydrogen-bond acceptors (Lipinski definition) is 2. The van der Waals surface area contributed by atoms with Crippen molar-refractivity contribution in [1.82, 2.24) is 0 Å². The summed E-state index contributed by atoms with van der Waals surface area (Å²) in [6.07, 6.45) is 2.17. The van der Waals surface area contributed by atoms with Gasteiger partial charge in [-0.2, -0.15) is 0 Å². The average Bonchev–Trinajstić information content (AvgIpc) is 2.60. The molecular weight excluding hydrogens is 374 g/mol. The Balaban J connectivity index is 2.06. The summed E-state index contributed by atoms with van der Waals surface area (Å²) >= 11 is 12.0. The second kappa shape index (κ2) is 7.42. The Morgan fingerprint density at radius 1 is 1.27 bits per heavy atom. The van der Waals surface area contributed by atoms with Crippen molar-refractivity contribution in [3.05, 3.63) is 82.1 Å². The van der Waals surface area contributed by atoms with Crippen LogP contribution >= 0.6 is 23.2 Å². The second-order valence-electron chi connectivity index (χ2n) is 6.92. The molecule has 0 bridgehead atoms. The average molecular weight is 393 g/mol. The number of rotatable bonds is 4. The van der Waals surface area contributed by atoms with Crippen LogP contribution in [0.5, 0.6) is 0 Å². The van der Waals surface area contributed by atoms with Crippen molar-refractivity contribution >= 4 is 29.2 Å². The zero-order chi connectivity index (χ0) is 18.9. The molecule has 136 valence electrons. The van der Waals surface area contributed by atoms with Gasteiger partial charge in [-0.3, -0.25) is 4.79 Å². The number of halogens is 3. The molecule has 1 aliphatic heterocycles. The van der Waals surface area contributed by atoms with E-state index >= 15 is 0 Å². The van der Waals surface area contributed by atoms with Crippen LogP contribution in [-0.2, 0) is 9.53 Å². The van der Waals surface area contributed by atoms with E-state index in [1.807, 2.05) is 25.1 Å². The summed E-state index contributed by atoms with van der Waals surface area (Å²) in [5.74, 6) is -1.00. The first-order valence-corrected chi connectivity index (χ1v) is 9.12. The lowest BCUT2D eigenvalue weighted by Crippen LogP contribution is -2.39. The summed E-state index contributed by atoms with van der Waals surface area (Å²) in [5.41, 5.74) is 0.836. The van der Waals surface area contributed by atoms with Crippen LogP contribution in [0.25, 0.3) is 0 Å². The van der Waals surface area contributed by atoms with E-state index in [0.717, 1.165) is 5.56 Å². The predicted molar refractivity (Wildman–Crippen MR) is 102 cm³/mol. The number of ether oxygens (including phenoxy) is 1. The lowest BCUT2D eigenvalue weighted by molar-refractivity contribution is -0.171. The maximum Gasteiger partial charge on any atom is 0.312 e. The van der Waals surface area contributed by atoms with Gasteiger partial charge in [-0.25, -0.2) is 4.39 Å². The van der Waals surface area contributed by atoms with Gasteiger partial charge in [-0.05, 0) is 55.2 Å². The van der Waals surface area contributed by atoms with Crippen molar-refractivity contribution in [2.24, 2.45) is 5.41 Å². The first kappa shape index (κ1) is 18.9. The van der Waals surface area contributed by atoms with Crippen LogP contribution in [0.15, 0.2) is 55.1 Å². The molecule has 2 unspecified atom stereocenters. The van der Waals surface area contributed by atoms with Gasteiger partial charge in [0.1, 0.15) is 11.9 Å². The Morgan fingerprint density at radius 2 is 2.04 bits per heavy atom. The normalized spacial score (nSPS) is 25.6. The smallest absolute Gasteiger partial charge is 0.312 e. The van der Waals surface area contributed by atoms with E-state index in [0.29, 0.717) is 23.4 Å². The van der Waals surface area contributed by atoms with Gasteiger partial charge < -0.3 is 4.74 Å². The van der Waals surface area contributed by atoms with Gasteiger partial charge in [0, 0.05) is 10.9 Å². The minimum atomic E-state index is -0.684. The highest BCUT2D eigenvalue weighted by atomic mass is 35.5. The maximum atomic E-state index is 14.0. The standard InChI is InChI=1S/C21H19Cl2FO2/c1-3-9-21(2)12-16(13-5-4-6-15(22)10-13)19(26-20(21)25)14-7-8-17(23)18(24)11-14/h3-8,10-11,16,19H,1,9,12H2,2H3/t16-,19?,21?/m1/s1. The lowest BCUT2D eigenvalue weighted by Gasteiger charge is -2.41.